The first kappa shape index (κ1) is 15.3. The molecular formula is C17H22N2O2S. The second-order valence-corrected chi connectivity index (χ2v) is 6.62. The van der Waals surface area contributed by atoms with Crippen molar-refractivity contribution in [3.63, 3.8) is 0 Å². The molecule has 0 spiro atoms. The third-order valence-electron chi connectivity index (χ3n) is 4.03. The van der Waals surface area contributed by atoms with Crippen LogP contribution in [0, 0.1) is 0 Å². The molecule has 0 radical (unpaired) electrons. The van der Waals surface area contributed by atoms with E-state index < -0.39 is 0 Å². The number of rotatable bonds is 5. The van der Waals surface area contributed by atoms with Gasteiger partial charge in [0.05, 0.1) is 18.9 Å². The Hall–Kier alpha value is -1.59. The van der Waals surface area contributed by atoms with E-state index in [-0.39, 0.29) is 5.54 Å². The van der Waals surface area contributed by atoms with Crippen LogP contribution in [-0.4, -0.2) is 18.2 Å². The fourth-order valence-electron chi connectivity index (χ4n) is 2.90. The van der Waals surface area contributed by atoms with Crippen LogP contribution in [0.5, 0.6) is 10.9 Å². The van der Waals surface area contributed by atoms with Crippen molar-refractivity contribution in [1.82, 2.24) is 4.98 Å². The van der Waals surface area contributed by atoms with Crippen LogP contribution in [0.2, 0.25) is 0 Å². The Kier molecular flexibility index (Phi) is 4.36. The number of benzene rings is 1. The van der Waals surface area contributed by atoms with Crippen LogP contribution in [0.4, 0.5) is 0 Å². The van der Waals surface area contributed by atoms with Crippen molar-refractivity contribution in [2.45, 2.75) is 38.6 Å². The Balaban J connectivity index is 1.86. The van der Waals surface area contributed by atoms with Crippen molar-refractivity contribution in [2.75, 3.05) is 13.2 Å². The van der Waals surface area contributed by atoms with Crippen LogP contribution in [-0.2, 0) is 18.4 Å². The molecule has 5 heteroatoms. The fourth-order valence-corrected chi connectivity index (χ4v) is 4.04. The lowest BCUT2D eigenvalue weighted by Gasteiger charge is -2.33. The average Bonchev–Trinajstić information content (AvgIpc) is 2.89. The van der Waals surface area contributed by atoms with E-state index in [2.05, 4.69) is 17.1 Å². The van der Waals surface area contributed by atoms with Crippen LogP contribution < -0.4 is 15.2 Å². The second-order valence-electron chi connectivity index (χ2n) is 5.58. The average molecular weight is 318 g/mol. The molecule has 1 aliphatic carbocycles. The quantitative estimate of drug-likeness (QED) is 0.919. The van der Waals surface area contributed by atoms with Crippen LogP contribution in [0.3, 0.4) is 0 Å². The summed E-state index contributed by atoms with van der Waals surface area (Å²) in [6.45, 7) is 5.28. The Bertz CT molecular complexity index is 656. The summed E-state index contributed by atoms with van der Waals surface area (Å²) >= 11 is 1.63. The molecule has 1 aromatic heterocycles. The molecule has 2 N–H and O–H groups in total. The highest BCUT2D eigenvalue weighted by Crippen LogP contribution is 2.39. The summed E-state index contributed by atoms with van der Waals surface area (Å²) in [5, 5.41) is 0.764. The lowest BCUT2D eigenvalue weighted by Crippen LogP contribution is -2.41. The van der Waals surface area contributed by atoms with Gasteiger partial charge in [0, 0.05) is 16.8 Å². The van der Waals surface area contributed by atoms with E-state index in [9.17, 15) is 0 Å². The van der Waals surface area contributed by atoms with Gasteiger partial charge in [-0.05, 0) is 44.4 Å². The lowest BCUT2D eigenvalue weighted by atomic mass is 9.78. The van der Waals surface area contributed by atoms with Crippen molar-refractivity contribution in [1.29, 1.82) is 0 Å². The standard InChI is InChI=1S/C17H22N2O2S/c1-3-20-13-7-5-6-12(10-13)17(18)9-8-14-15(11-17)22-16(19-14)21-4-2/h5-7,10H,3-4,8-9,11,18H2,1-2H3. The van der Waals surface area contributed by atoms with E-state index in [0.29, 0.717) is 13.2 Å². The van der Waals surface area contributed by atoms with E-state index in [4.69, 9.17) is 15.2 Å². The van der Waals surface area contributed by atoms with Crippen molar-refractivity contribution in [2.24, 2.45) is 5.73 Å². The Morgan fingerprint density at radius 1 is 1.27 bits per heavy atom. The maximum atomic E-state index is 6.73. The minimum absolute atomic E-state index is 0.351. The molecule has 1 aromatic carbocycles. The first-order valence-corrected chi connectivity index (χ1v) is 8.60. The van der Waals surface area contributed by atoms with E-state index in [0.717, 1.165) is 41.5 Å². The van der Waals surface area contributed by atoms with Crippen LogP contribution in [0.1, 0.15) is 36.4 Å². The largest absolute Gasteiger partial charge is 0.494 e. The van der Waals surface area contributed by atoms with E-state index in [1.807, 2.05) is 26.0 Å². The number of hydrogen-bond acceptors (Lipinski definition) is 5. The molecule has 0 aliphatic heterocycles. The van der Waals surface area contributed by atoms with Crippen molar-refractivity contribution < 1.29 is 9.47 Å². The van der Waals surface area contributed by atoms with E-state index in [1.165, 1.54) is 4.88 Å². The highest BCUT2D eigenvalue weighted by Gasteiger charge is 2.34. The summed E-state index contributed by atoms with van der Waals surface area (Å²) in [5.74, 6) is 0.884. The number of aryl methyl sites for hydroxylation is 1. The number of nitrogens with zero attached hydrogens (tertiary/aromatic N) is 1. The highest BCUT2D eigenvalue weighted by atomic mass is 32.1. The minimum Gasteiger partial charge on any atom is -0.494 e. The molecule has 0 saturated carbocycles. The summed E-state index contributed by atoms with van der Waals surface area (Å²) in [6, 6.07) is 8.16. The van der Waals surface area contributed by atoms with Gasteiger partial charge in [-0.15, -0.1) is 0 Å². The number of nitrogens with two attached hydrogens (primary N) is 1. The molecule has 2 aromatic rings. The van der Waals surface area contributed by atoms with Gasteiger partial charge in [0.2, 0.25) is 0 Å². The minimum atomic E-state index is -0.351. The molecule has 1 unspecified atom stereocenters. The number of fused-ring (bicyclic) bond motifs is 1. The maximum Gasteiger partial charge on any atom is 0.273 e. The molecular weight excluding hydrogens is 296 g/mol. The first-order chi connectivity index (χ1) is 10.6. The van der Waals surface area contributed by atoms with Gasteiger partial charge in [0.25, 0.3) is 5.19 Å². The SMILES string of the molecule is CCOc1cccc(C2(N)CCc3nc(OCC)sc3C2)c1. The van der Waals surface area contributed by atoms with Gasteiger partial charge in [-0.1, -0.05) is 23.5 Å². The Morgan fingerprint density at radius 2 is 2.09 bits per heavy atom. The number of ether oxygens (including phenoxy) is 2. The molecule has 4 nitrogen and oxygen atoms in total. The van der Waals surface area contributed by atoms with Crippen LogP contribution >= 0.6 is 11.3 Å². The predicted octanol–water partition coefficient (Wildman–Crippen LogP) is 3.28. The van der Waals surface area contributed by atoms with Gasteiger partial charge in [-0.2, -0.15) is 0 Å². The topological polar surface area (TPSA) is 57.4 Å². The van der Waals surface area contributed by atoms with Crippen LogP contribution in [0.25, 0.3) is 0 Å². The zero-order valence-electron chi connectivity index (χ0n) is 13.1. The third kappa shape index (κ3) is 2.96. The Labute approximate surface area is 135 Å². The van der Waals surface area contributed by atoms with Gasteiger partial charge in [-0.25, -0.2) is 4.98 Å². The van der Waals surface area contributed by atoms with Gasteiger partial charge in [-0.3, -0.25) is 0 Å². The molecule has 0 fully saturated rings. The zero-order valence-corrected chi connectivity index (χ0v) is 13.9. The van der Waals surface area contributed by atoms with Crippen molar-refractivity contribution in [3.8, 4) is 10.9 Å². The van der Waals surface area contributed by atoms with Crippen LogP contribution in [0.15, 0.2) is 24.3 Å². The molecule has 118 valence electrons. The molecule has 1 atom stereocenters. The fraction of sp³-hybridized carbons (Fsp3) is 0.471. The molecule has 22 heavy (non-hydrogen) atoms. The number of aromatic nitrogens is 1. The summed E-state index contributed by atoms with van der Waals surface area (Å²) in [5.41, 5.74) is 8.66. The third-order valence-corrected chi connectivity index (χ3v) is 5.04. The molecule has 0 saturated heterocycles. The summed E-state index contributed by atoms with van der Waals surface area (Å²) in [7, 11) is 0. The van der Waals surface area contributed by atoms with Crippen molar-refractivity contribution >= 4 is 11.3 Å². The number of hydrogen-bond donors (Lipinski definition) is 1. The molecule has 0 amide bonds. The Morgan fingerprint density at radius 3 is 2.86 bits per heavy atom. The van der Waals surface area contributed by atoms with E-state index >= 15 is 0 Å². The van der Waals surface area contributed by atoms with Gasteiger partial charge < -0.3 is 15.2 Å². The predicted molar refractivity (Wildman–Crippen MR) is 88.8 cm³/mol. The molecule has 3 rings (SSSR count). The summed E-state index contributed by atoms with van der Waals surface area (Å²) in [6.07, 6.45) is 2.60. The lowest BCUT2D eigenvalue weighted by molar-refractivity contribution is 0.333. The maximum absolute atomic E-state index is 6.73. The number of thiazole rings is 1. The molecule has 1 heterocycles. The smallest absolute Gasteiger partial charge is 0.273 e. The molecule has 0 bridgehead atoms. The second kappa shape index (κ2) is 6.26. The van der Waals surface area contributed by atoms with Gasteiger partial charge >= 0.3 is 0 Å². The van der Waals surface area contributed by atoms with Gasteiger partial charge in [0.1, 0.15) is 5.75 Å². The van der Waals surface area contributed by atoms with Crippen molar-refractivity contribution in [3.05, 3.63) is 40.4 Å². The van der Waals surface area contributed by atoms with Gasteiger partial charge in [0.15, 0.2) is 0 Å². The first-order valence-electron chi connectivity index (χ1n) is 7.78. The monoisotopic (exact) mass is 318 g/mol. The summed E-state index contributed by atoms with van der Waals surface area (Å²) < 4.78 is 11.1. The highest BCUT2D eigenvalue weighted by molar-refractivity contribution is 7.13. The summed E-state index contributed by atoms with van der Waals surface area (Å²) in [4.78, 5) is 5.81. The zero-order chi connectivity index (χ0) is 15.6. The normalized spacial score (nSPS) is 20.5. The van der Waals surface area contributed by atoms with E-state index in [1.54, 1.807) is 11.3 Å². The molecule has 1 aliphatic rings.